The van der Waals surface area contributed by atoms with Gasteiger partial charge in [-0.2, -0.15) is 0 Å². The van der Waals surface area contributed by atoms with Crippen molar-refractivity contribution in [2.24, 2.45) is 0 Å². The van der Waals surface area contributed by atoms with E-state index in [0.717, 1.165) is 11.3 Å². The largest absolute Gasteiger partial charge is 0.497 e. The first-order chi connectivity index (χ1) is 11.1. The van der Waals surface area contributed by atoms with Gasteiger partial charge in [0.1, 0.15) is 30.2 Å². The molecule has 0 spiro atoms. The molecule has 2 fully saturated rings. The molecule has 2 N–H and O–H groups in total. The van der Waals surface area contributed by atoms with Crippen LogP contribution in [0.2, 0.25) is 0 Å². The van der Waals surface area contributed by atoms with Crippen molar-refractivity contribution in [2.45, 2.75) is 43.9 Å². The van der Waals surface area contributed by atoms with Gasteiger partial charge in [-0.25, -0.2) is 0 Å². The topological polar surface area (TPSA) is 86.6 Å². The molecule has 0 bridgehead atoms. The Hall–Kier alpha value is -1.22. The molecule has 2 saturated heterocycles. The van der Waals surface area contributed by atoms with Gasteiger partial charge in [-0.15, -0.1) is 0 Å². The number of aliphatic hydroxyl groups excluding tert-OH is 2. The Morgan fingerprint density at radius 2 is 1.91 bits per heavy atom. The van der Waals surface area contributed by atoms with Gasteiger partial charge in [0.2, 0.25) is 0 Å². The quantitative estimate of drug-likeness (QED) is 0.837. The van der Waals surface area contributed by atoms with E-state index in [1.165, 1.54) is 0 Å². The van der Waals surface area contributed by atoms with E-state index in [-0.39, 0.29) is 6.61 Å². The highest BCUT2D eigenvalue weighted by atomic mass is 16.7. The van der Waals surface area contributed by atoms with Crippen molar-refractivity contribution >= 4 is 0 Å². The first-order valence-electron chi connectivity index (χ1n) is 7.68. The molecule has 0 aromatic heterocycles. The van der Waals surface area contributed by atoms with E-state index < -0.39 is 37.0 Å². The third-order valence-corrected chi connectivity index (χ3v) is 4.07. The lowest BCUT2D eigenvalue weighted by Crippen LogP contribution is -2.62. The van der Waals surface area contributed by atoms with Gasteiger partial charge in [-0.1, -0.05) is 12.1 Å². The number of aliphatic hydroxyl groups is 2. The minimum atomic E-state index is -1.20. The van der Waals surface area contributed by atoms with E-state index in [9.17, 15) is 10.2 Å². The van der Waals surface area contributed by atoms with E-state index in [1.54, 1.807) is 14.0 Å². The average molecular weight is 326 g/mol. The minimum Gasteiger partial charge on any atom is -0.497 e. The maximum Gasteiger partial charge on any atom is 0.184 e. The molecule has 1 aromatic carbocycles. The monoisotopic (exact) mass is 326 g/mol. The van der Waals surface area contributed by atoms with Gasteiger partial charge in [0.15, 0.2) is 12.6 Å². The van der Waals surface area contributed by atoms with Crippen molar-refractivity contribution in [3.63, 3.8) is 0 Å². The molecule has 0 aliphatic carbocycles. The van der Waals surface area contributed by atoms with E-state index in [4.69, 9.17) is 23.7 Å². The van der Waals surface area contributed by atoms with Crippen LogP contribution in [-0.2, 0) is 18.9 Å². The molecule has 2 heterocycles. The number of fused-ring (bicyclic) bond motifs is 1. The number of hydrogen-bond acceptors (Lipinski definition) is 7. The third kappa shape index (κ3) is 3.35. The number of ether oxygens (including phenoxy) is 5. The van der Waals surface area contributed by atoms with E-state index in [2.05, 4.69) is 0 Å². The average Bonchev–Trinajstić information content (AvgIpc) is 2.58. The standard InChI is InChI=1S/C16H22O7/c1-3-20-14-12(17)13-11(22-15(14)18)8-21-16(23-13)9-4-6-10(19-2)7-5-9/h4-7,11-18H,3,8H2,1-2H3/t11-,12+,13-,14+,15+,16?/m1/s1. The van der Waals surface area contributed by atoms with Gasteiger partial charge >= 0.3 is 0 Å². The van der Waals surface area contributed by atoms with Crippen molar-refractivity contribution in [3.05, 3.63) is 29.8 Å². The number of methoxy groups -OCH3 is 1. The predicted octanol–water partition coefficient (Wildman–Crippen LogP) is 0.592. The van der Waals surface area contributed by atoms with Gasteiger partial charge < -0.3 is 33.9 Å². The summed E-state index contributed by atoms with van der Waals surface area (Å²) in [4.78, 5) is 0. The summed E-state index contributed by atoms with van der Waals surface area (Å²) in [6.07, 6.45) is -4.81. The van der Waals surface area contributed by atoms with Crippen LogP contribution in [0.5, 0.6) is 5.75 Å². The summed E-state index contributed by atoms with van der Waals surface area (Å²) < 4.78 is 27.4. The normalized spacial score (nSPS) is 37.2. The zero-order valence-corrected chi connectivity index (χ0v) is 13.1. The number of rotatable bonds is 4. The van der Waals surface area contributed by atoms with Crippen molar-refractivity contribution in [3.8, 4) is 5.75 Å². The summed E-state index contributed by atoms with van der Waals surface area (Å²) in [6, 6.07) is 7.31. The molecule has 128 valence electrons. The van der Waals surface area contributed by atoms with Gasteiger partial charge in [-0.05, 0) is 19.1 Å². The van der Waals surface area contributed by atoms with Crippen LogP contribution < -0.4 is 4.74 Å². The molecular weight excluding hydrogens is 304 g/mol. The Morgan fingerprint density at radius 3 is 2.57 bits per heavy atom. The lowest BCUT2D eigenvalue weighted by atomic mass is 9.97. The Bertz CT molecular complexity index is 506. The highest BCUT2D eigenvalue weighted by Gasteiger charge is 2.49. The molecule has 6 atom stereocenters. The fourth-order valence-electron chi connectivity index (χ4n) is 2.89. The van der Waals surface area contributed by atoms with Crippen LogP contribution in [0.1, 0.15) is 18.8 Å². The minimum absolute atomic E-state index is 0.217. The maximum atomic E-state index is 10.4. The lowest BCUT2D eigenvalue weighted by molar-refractivity contribution is -0.358. The Balaban J connectivity index is 1.72. The third-order valence-electron chi connectivity index (χ3n) is 4.07. The first-order valence-corrected chi connectivity index (χ1v) is 7.68. The van der Waals surface area contributed by atoms with E-state index in [0.29, 0.717) is 6.61 Å². The molecule has 7 nitrogen and oxygen atoms in total. The van der Waals surface area contributed by atoms with Crippen LogP contribution in [0.4, 0.5) is 0 Å². The summed E-state index contributed by atoms with van der Waals surface area (Å²) in [5.41, 5.74) is 0.815. The molecule has 2 aliphatic rings. The van der Waals surface area contributed by atoms with Crippen molar-refractivity contribution in [1.29, 1.82) is 0 Å². The Kier molecular flexibility index (Phi) is 5.15. The van der Waals surface area contributed by atoms with Crippen LogP contribution in [0, 0.1) is 0 Å². The summed E-state index contributed by atoms with van der Waals surface area (Å²) in [7, 11) is 1.60. The summed E-state index contributed by atoms with van der Waals surface area (Å²) >= 11 is 0. The second kappa shape index (κ2) is 7.12. The van der Waals surface area contributed by atoms with E-state index >= 15 is 0 Å². The predicted molar refractivity (Wildman–Crippen MR) is 78.9 cm³/mol. The van der Waals surface area contributed by atoms with Crippen molar-refractivity contribution < 1.29 is 33.9 Å². The smallest absolute Gasteiger partial charge is 0.184 e. The van der Waals surface area contributed by atoms with Gasteiger partial charge in [-0.3, -0.25) is 0 Å². The lowest BCUT2D eigenvalue weighted by Gasteiger charge is -2.46. The van der Waals surface area contributed by atoms with Crippen LogP contribution in [-0.4, -0.2) is 61.2 Å². The number of hydrogen-bond donors (Lipinski definition) is 2. The zero-order chi connectivity index (χ0) is 16.4. The molecule has 0 radical (unpaired) electrons. The summed E-state index contributed by atoms with van der Waals surface area (Å²) in [6.45, 7) is 2.36. The Labute approximate surface area is 134 Å². The van der Waals surface area contributed by atoms with Gasteiger partial charge in [0.05, 0.1) is 13.7 Å². The molecule has 0 saturated carbocycles. The maximum absolute atomic E-state index is 10.4. The molecule has 3 rings (SSSR count). The fraction of sp³-hybridized carbons (Fsp3) is 0.625. The van der Waals surface area contributed by atoms with Crippen LogP contribution in [0.25, 0.3) is 0 Å². The molecule has 23 heavy (non-hydrogen) atoms. The van der Waals surface area contributed by atoms with E-state index in [1.807, 2.05) is 24.3 Å². The van der Waals surface area contributed by atoms with Crippen LogP contribution in [0.15, 0.2) is 24.3 Å². The first kappa shape index (κ1) is 16.6. The fourth-order valence-corrected chi connectivity index (χ4v) is 2.89. The SMILES string of the molecule is CCO[C@H]1[C@@H](O)[C@@H]2OC(c3ccc(OC)cc3)OC[C@H]2O[C@@H]1O. The summed E-state index contributed by atoms with van der Waals surface area (Å²) in [5, 5.41) is 20.4. The molecule has 1 aromatic rings. The summed E-state index contributed by atoms with van der Waals surface area (Å²) in [5.74, 6) is 0.739. The molecule has 0 amide bonds. The zero-order valence-electron chi connectivity index (χ0n) is 13.1. The molecule has 1 unspecified atom stereocenters. The van der Waals surface area contributed by atoms with Crippen molar-refractivity contribution in [1.82, 2.24) is 0 Å². The second-order valence-electron chi connectivity index (χ2n) is 5.51. The Morgan fingerprint density at radius 1 is 1.17 bits per heavy atom. The van der Waals surface area contributed by atoms with Crippen molar-refractivity contribution in [2.75, 3.05) is 20.3 Å². The molecule has 2 aliphatic heterocycles. The van der Waals surface area contributed by atoms with Gasteiger partial charge in [0.25, 0.3) is 0 Å². The highest BCUT2D eigenvalue weighted by molar-refractivity contribution is 5.28. The van der Waals surface area contributed by atoms with Crippen LogP contribution in [0.3, 0.4) is 0 Å². The second-order valence-corrected chi connectivity index (χ2v) is 5.51. The highest BCUT2D eigenvalue weighted by Crippen LogP contribution is 2.34. The number of benzene rings is 1. The van der Waals surface area contributed by atoms with Crippen LogP contribution >= 0.6 is 0 Å². The molecule has 7 heteroatoms. The van der Waals surface area contributed by atoms with Gasteiger partial charge in [0, 0.05) is 12.2 Å². The molecular formula is C16H22O7.